The number of hydrogen-bond acceptors (Lipinski definition) is 3. The average molecular weight is 419 g/mol. The van der Waals surface area contributed by atoms with Crippen molar-refractivity contribution in [2.75, 3.05) is 19.6 Å². The SMILES string of the molecule is CC(=C\NC(N)=C1CC1)/C(=N\CCC1=CCC=CC=C1)N1CC(c2ccc(F)cc2)C1. The van der Waals surface area contributed by atoms with Crippen LogP contribution >= 0.6 is 0 Å². The third-order valence-corrected chi connectivity index (χ3v) is 5.94. The van der Waals surface area contributed by atoms with Crippen molar-refractivity contribution in [1.82, 2.24) is 10.2 Å². The van der Waals surface area contributed by atoms with E-state index in [4.69, 9.17) is 10.7 Å². The number of nitrogens with two attached hydrogens (primary N) is 1. The van der Waals surface area contributed by atoms with E-state index in [1.165, 1.54) is 16.7 Å². The Morgan fingerprint density at radius 2 is 2.00 bits per heavy atom. The molecule has 162 valence electrons. The number of hydrogen-bond donors (Lipinski definition) is 2. The summed E-state index contributed by atoms with van der Waals surface area (Å²) in [6.45, 7) is 4.60. The molecule has 1 saturated heterocycles. The average Bonchev–Trinajstić information content (AvgIpc) is 3.58. The summed E-state index contributed by atoms with van der Waals surface area (Å²) in [5.74, 6) is 2.00. The molecular formula is C26H31FN4. The van der Waals surface area contributed by atoms with E-state index in [0.29, 0.717) is 5.92 Å². The third-order valence-electron chi connectivity index (χ3n) is 5.94. The number of amidine groups is 1. The summed E-state index contributed by atoms with van der Waals surface area (Å²) in [5, 5.41) is 3.24. The molecule has 31 heavy (non-hydrogen) atoms. The molecule has 4 nitrogen and oxygen atoms in total. The lowest BCUT2D eigenvalue weighted by atomic mass is 9.91. The first-order valence-corrected chi connectivity index (χ1v) is 11.1. The zero-order valence-electron chi connectivity index (χ0n) is 18.2. The molecule has 0 bridgehead atoms. The van der Waals surface area contributed by atoms with Crippen LogP contribution in [0.2, 0.25) is 0 Å². The topological polar surface area (TPSA) is 53.6 Å². The zero-order chi connectivity index (χ0) is 21.6. The van der Waals surface area contributed by atoms with Gasteiger partial charge in [-0.25, -0.2) is 4.39 Å². The molecule has 1 aliphatic heterocycles. The van der Waals surface area contributed by atoms with Crippen LogP contribution in [0.5, 0.6) is 0 Å². The highest BCUT2D eigenvalue weighted by Gasteiger charge is 2.31. The van der Waals surface area contributed by atoms with Gasteiger partial charge >= 0.3 is 0 Å². The summed E-state index contributed by atoms with van der Waals surface area (Å²) < 4.78 is 13.2. The van der Waals surface area contributed by atoms with Gasteiger partial charge in [-0.05, 0) is 61.4 Å². The number of allylic oxidation sites excluding steroid dienone is 6. The van der Waals surface area contributed by atoms with Gasteiger partial charge in [-0.3, -0.25) is 4.99 Å². The monoisotopic (exact) mass is 418 g/mol. The van der Waals surface area contributed by atoms with Crippen LogP contribution in [0, 0.1) is 5.82 Å². The summed E-state index contributed by atoms with van der Waals surface area (Å²) in [6, 6.07) is 6.86. The highest BCUT2D eigenvalue weighted by molar-refractivity contribution is 5.98. The standard InChI is InChI=1S/C26H31FN4/c1-19(16-30-25(28)22-8-9-22)26(29-15-14-20-6-4-2-3-5-7-20)31-17-23(18-31)21-10-12-24(27)13-11-21/h2-4,6-7,10-13,16,23,30H,5,8-9,14-15,17-18,28H2,1H3/b19-16+,29-26+. The molecule has 0 spiro atoms. The summed E-state index contributed by atoms with van der Waals surface area (Å²) in [6.07, 6.45) is 16.8. The summed E-state index contributed by atoms with van der Waals surface area (Å²) in [4.78, 5) is 7.28. The van der Waals surface area contributed by atoms with E-state index in [9.17, 15) is 4.39 Å². The lowest BCUT2D eigenvalue weighted by Gasteiger charge is -2.42. The summed E-state index contributed by atoms with van der Waals surface area (Å²) >= 11 is 0. The fraction of sp³-hybridized carbons (Fsp3) is 0.346. The first-order chi connectivity index (χ1) is 15.1. The van der Waals surface area contributed by atoms with Crippen LogP contribution in [0.15, 0.2) is 88.4 Å². The lowest BCUT2D eigenvalue weighted by molar-refractivity contribution is 0.252. The van der Waals surface area contributed by atoms with E-state index in [1.807, 2.05) is 18.3 Å². The van der Waals surface area contributed by atoms with Gasteiger partial charge in [0.1, 0.15) is 11.7 Å². The molecule has 5 heteroatoms. The molecule has 3 aliphatic rings. The van der Waals surface area contributed by atoms with Gasteiger partial charge in [0.15, 0.2) is 0 Å². The van der Waals surface area contributed by atoms with E-state index < -0.39 is 0 Å². The maximum Gasteiger partial charge on any atom is 0.127 e. The number of rotatable bonds is 7. The van der Waals surface area contributed by atoms with Gasteiger partial charge in [-0.1, -0.05) is 42.5 Å². The largest absolute Gasteiger partial charge is 0.385 e. The molecular weight excluding hydrogens is 387 g/mol. The van der Waals surface area contributed by atoms with Crippen LogP contribution in [0.25, 0.3) is 0 Å². The van der Waals surface area contributed by atoms with Crippen LogP contribution in [-0.2, 0) is 0 Å². The Morgan fingerprint density at radius 1 is 1.23 bits per heavy atom. The lowest BCUT2D eigenvalue weighted by Crippen LogP contribution is -2.49. The highest BCUT2D eigenvalue weighted by Crippen LogP contribution is 2.30. The molecule has 2 aliphatic carbocycles. The van der Waals surface area contributed by atoms with Gasteiger partial charge in [-0.2, -0.15) is 0 Å². The van der Waals surface area contributed by atoms with E-state index in [1.54, 1.807) is 12.1 Å². The second-order valence-electron chi connectivity index (χ2n) is 8.40. The van der Waals surface area contributed by atoms with Crippen molar-refractivity contribution < 1.29 is 4.39 Å². The van der Waals surface area contributed by atoms with Crippen LogP contribution in [0.3, 0.4) is 0 Å². The molecule has 2 fully saturated rings. The number of halogens is 1. The molecule has 0 amide bonds. The van der Waals surface area contributed by atoms with Crippen molar-refractivity contribution in [3.05, 3.63) is 94.8 Å². The van der Waals surface area contributed by atoms with E-state index >= 15 is 0 Å². The Morgan fingerprint density at radius 3 is 2.74 bits per heavy atom. The molecule has 3 N–H and O–H groups in total. The molecule has 1 heterocycles. The highest BCUT2D eigenvalue weighted by atomic mass is 19.1. The third kappa shape index (κ3) is 5.75. The fourth-order valence-electron chi connectivity index (χ4n) is 3.86. The van der Waals surface area contributed by atoms with Crippen molar-refractivity contribution in [3.63, 3.8) is 0 Å². The summed E-state index contributed by atoms with van der Waals surface area (Å²) in [5.41, 5.74) is 11.0. The van der Waals surface area contributed by atoms with Crippen molar-refractivity contribution in [1.29, 1.82) is 0 Å². The summed E-state index contributed by atoms with van der Waals surface area (Å²) in [7, 11) is 0. The predicted molar refractivity (Wildman–Crippen MR) is 126 cm³/mol. The van der Waals surface area contributed by atoms with Crippen molar-refractivity contribution in [3.8, 4) is 0 Å². The van der Waals surface area contributed by atoms with Crippen molar-refractivity contribution in [2.45, 2.75) is 38.5 Å². The smallest absolute Gasteiger partial charge is 0.127 e. The van der Waals surface area contributed by atoms with Crippen LogP contribution in [0.4, 0.5) is 4.39 Å². The predicted octanol–water partition coefficient (Wildman–Crippen LogP) is 4.91. The van der Waals surface area contributed by atoms with Gasteiger partial charge in [0, 0.05) is 37.3 Å². The number of nitrogens with one attached hydrogen (secondary N) is 1. The number of likely N-dealkylation sites (tertiary alicyclic amines) is 1. The molecule has 0 atom stereocenters. The first-order valence-electron chi connectivity index (χ1n) is 11.1. The van der Waals surface area contributed by atoms with E-state index in [-0.39, 0.29) is 5.82 Å². The first kappa shape index (κ1) is 21.2. The van der Waals surface area contributed by atoms with Gasteiger partial charge in [0.2, 0.25) is 0 Å². The van der Waals surface area contributed by atoms with Gasteiger partial charge in [0.25, 0.3) is 0 Å². The molecule has 0 unspecified atom stereocenters. The van der Waals surface area contributed by atoms with E-state index in [0.717, 1.165) is 62.5 Å². The van der Waals surface area contributed by atoms with Gasteiger partial charge in [-0.15, -0.1) is 0 Å². The molecule has 4 rings (SSSR count). The Hall–Kier alpha value is -3.08. The van der Waals surface area contributed by atoms with Crippen molar-refractivity contribution in [2.24, 2.45) is 10.7 Å². The molecule has 1 aromatic carbocycles. The minimum absolute atomic E-state index is 0.188. The Balaban J connectivity index is 1.43. The van der Waals surface area contributed by atoms with E-state index in [2.05, 4.69) is 47.5 Å². The van der Waals surface area contributed by atoms with Crippen LogP contribution in [-0.4, -0.2) is 30.4 Å². The molecule has 0 aromatic heterocycles. The van der Waals surface area contributed by atoms with Gasteiger partial charge < -0.3 is 16.0 Å². The quantitative estimate of drug-likeness (QED) is 0.488. The van der Waals surface area contributed by atoms with Crippen molar-refractivity contribution >= 4 is 5.84 Å². The zero-order valence-corrected chi connectivity index (χ0v) is 18.2. The van der Waals surface area contributed by atoms with Crippen LogP contribution < -0.4 is 11.1 Å². The number of benzene rings is 1. The number of aliphatic imine (C=N–C) groups is 1. The Labute approximate surface area is 184 Å². The Kier molecular flexibility index (Phi) is 6.70. The van der Waals surface area contributed by atoms with Gasteiger partial charge in [0.05, 0.1) is 5.82 Å². The molecule has 0 radical (unpaired) electrons. The minimum Gasteiger partial charge on any atom is -0.385 e. The second kappa shape index (κ2) is 9.82. The second-order valence-corrected chi connectivity index (χ2v) is 8.40. The normalized spacial score (nSPS) is 19.1. The maximum atomic E-state index is 13.2. The molecule has 1 saturated carbocycles. The maximum absolute atomic E-state index is 13.2. The fourth-order valence-corrected chi connectivity index (χ4v) is 3.86. The Bertz CT molecular complexity index is 967. The minimum atomic E-state index is -0.188. The number of nitrogens with zero attached hydrogens (tertiary/aromatic N) is 2. The van der Waals surface area contributed by atoms with Crippen LogP contribution in [0.1, 0.15) is 44.1 Å². The molecule has 1 aromatic rings.